The van der Waals surface area contributed by atoms with Crippen LogP contribution >= 0.6 is 0 Å². The second kappa shape index (κ2) is 8.25. The normalized spacial score (nSPS) is 23.0. The van der Waals surface area contributed by atoms with Crippen LogP contribution in [-0.4, -0.2) is 38.0 Å². The van der Waals surface area contributed by atoms with Crippen molar-refractivity contribution in [3.8, 4) is 11.5 Å². The fourth-order valence-corrected chi connectivity index (χ4v) is 2.94. The molecule has 2 N–H and O–H groups in total. The molecule has 1 saturated carbocycles. The quantitative estimate of drug-likeness (QED) is 0.773. The molecule has 0 aliphatic heterocycles. The van der Waals surface area contributed by atoms with Crippen molar-refractivity contribution in [3.05, 3.63) is 24.3 Å². The Morgan fingerprint density at radius 1 is 1.29 bits per heavy atom. The third kappa shape index (κ3) is 4.90. The van der Waals surface area contributed by atoms with Gasteiger partial charge >= 0.3 is 0 Å². The molecule has 4 heteroatoms. The van der Waals surface area contributed by atoms with Crippen LogP contribution in [0.1, 0.15) is 26.2 Å². The van der Waals surface area contributed by atoms with Gasteiger partial charge in [-0.05, 0) is 36.9 Å². The Bertz CT molecular complexity index is 424. The van der Waals surface area contributed by atoms with E-state index < -0.39 is 6.10 Å². The predicted octanol–water partition coefficient (Wildman–Crippen LogP) is 2.46. The lowest BCUT2D eigenvalue weighted by Gasteiger charge is -2.18. The number of para-hydroxylation sites is 2. The molecule has 3 unspecified atom stereocenters. The molecule has 0 spiro atoms. The van der Waals surface area contributed by atoms with E-state index in [0.29, 0.717) is 18.0 Å². The number of aliphatic hydroxyl groups is 1. The van der Waals surface area contributed by atoms with Crippen LogP contribution in [0.5, 0.6) is 11.5 Å². The van der Waals surface area contributed by atoms with Crippen LogP contribution in [0.2, 0.25) is 0 Å². The Kier molecular flexibility index (Phi) is 6.33. The van der Waals surface area contributed by atoms with Crippen LogP contribution in [0.15, 0.2) is 24.3 Å². The first-order chi connectivity index (χ1) is 10.2. The summed E-state index contributed by atoms with van der Waals surface area (Å²) >= 11 is 0. The van der Waals surface area contributed by atoms with Crippen LogP contribution in [0, 0.1) is 11.8 Å². The maximum Gasteiger partial charge on any atom is 0.161 e. The first-order valence-electron chi connectivity index (χ1n) is 7.85. The van der Waals surface area contributed by atoms with Gasteiger partial charge in [0.05, 0.1) is 7.11 Å². The van der Waals surface area contributed by atoms with Crippen LogP contribution in [0.25, 0.3) is 0 Å². The maximum absolute atomic E-state index is 9.99. The SMILES string of the molecule is COc1ccccc1OCC(O)CNCC1CCCC1C. The van der Waals surface area contributed by atoms with Crippen molar-refractivity contribution in [3.63, 3.8) is 0 Å². The zero-order valence-corrected chi connectivity index (χ0v) is 13.0. The number of aliphatic hydroxyl groups excluding tert-OH is 1. The van der Waals surface area contributed by atoms with E-state index in [0.717, 1.165) is 18.4 Å². The van der Waals surface area contributed by atoms with Crippen molar-refractivity contribution in [1.82, 2.24) is 5.32 Å². The molecule has 118 valence electrons. The number of ether oxygens (including phenoxy) is 2. The summed E-state index contributed by atoms with van der Waals surface area (Å²) < 4.78 is 10.8. The van der Waals surface area contributed by atoms with Crippen molar-refractivity contribution in [2.24, 2.45) is 11.8 Å². The summed E-state index contributed by atoms with van der Waals surface area (Å²) in [6, 6.07) is 7.48. The van der Waals surface area contributed by atoms with E-state index in [1.807, 2.05) is 24.3 Å². The van der Waals surface area contributed by atoms with Gasteiger partial charge < -0.3 is 19.9 Å². The molecule has 2 rings (SSSR count). The number of rotatable bonds is 8. The Morgan fingerprint density at radius 3 is 2.71 bits per heavy atom. The highest BCUT2D eigenvalue weighted by atomic mass is 16.5. The summed E-state index contributed by atoms with van der Waals surface area (Å²) in [5.74, 6) is 2.92. The van der Waals surface area contributed by atoms with Gasteiger partial charge in [0.15, 0.2) is 11.5 Å². The zero-order valence-electron chi connectivity index (χ0n) is 13.0. The van der Waals surface area contributed by atoms with Gasteiger partial charge in [0.25, 0.3) is 0 Å². The summed E-state index contributed by atoms with van der Waals surface area (Å²) in [5.41, 5.74) is 0. The van der Waals surface area contributed by atoms with Crippen LogP contribution in [0.4, 0.5) is 0 Å². The molecule has 1 aliphatic carbocycles. The van der Waals surface area contributed by atoms with E-state index in [1.54, 1.807) is 7.11 Å². The minimum absolute atomic E-state index is 0.271. The number of methoxy groups -OCH3 is 1. The Balaban J connectivity index is 1.66. The molecular formula is C17H27NO3. The number of nitrogens with one attached hydrogen (secondary N) is 1. The summed E-state index contributed by atoms with van der Waals surface area (Å²) in [5, 5.41) is 13.3. The number of benzene rings is 1. The molecule has 3 atom stereocenters. The molecule has 1 aromatic carbocycles. The molecule has 1 fully saturated rings. The largest absolute Gasteiger partial charge is 0.493 e. The molecule has 0 heterocycles. The van der Waals surface area contributed by atoms with Crippen molar-refractivity contribution in [2.45, 2.75) is 32.3 Å². The number of hydrogen-bond donors (Lipinski definition) is 2. The molecule has 0 amide bonds. The van der Waals surface area contributed by atoms with Gasteiger partial charge in [0.1, 0.15) is 12.7 Å². The van der Waals surface area contributed by atoms with Gasteiger partial charge in [0, 0.05) is 6.54 Å². The fourth-order valence-electron chi connectivity index (χ4n) is 2.94. The van der Waals surface area contributed by atoms with Crippen molar-refractivity contribution in [1.29, 1.82) is 0 Å². The lowest BCUT2D eigenvalue weighted by molar-refractivity contribution is 0.103. The highest BCUT2D eigenvalue weighted by molar-refractivity contribution is 5.39. The second-order valence-electron chi connectivity index (χ2n) is 5.94. The van der Waals surface area contributed by atoms with E-state index >= 15 is 0 Å². The molecule has 0 saturated heterocycles. The van der Waals surface area contributed by atoms with Crippen LogP contribution in [0.3, 0.4) is 0 Å². The van der Waals surface area contributed by atoms with Gasteiger partial charge in [-0.2, -0.15) is 0 Å². The summed E-state index contributed by atoms with van der Waals surface area (Å²) in [6.07, 6.45) is 3.48. The first kappa shape index (κ1) is 16.1. The van der Waals surface area contributed by atoms with Gasteiger partial charge in [-0.15, -0.1) is 0 Å². The minimum atomic E-state index is -0.508. The van der Waals surface area contributed by atoms with Crippen LogP contribution < -0.4 is 14.8 Å². The predicted molar refractivity (Wildman–Crippen MR) is 83.9 cm³/mol. The van der Waals surface area contributed by atoms with Crippen molar-refractivity contribution >= 4 is 0 Å². The third-order valence-corrected chi connectivity index (χ3v) is 4.33. The Morgan fingerprint density at radius 2 is 2.05 bits per heavy atom. The first-order valence-corrected chi connectivity index (χ1v) is 7.85. The highest BCUT2D eigenvalue weighted by Gasteiger charge is 2.22. The van der Waals surface area contributed by atoms with E-state index in [9.17, 15) is 5.11 Å². The molecule has 0 radical (unpaired) electrons. The molecule has 21 heavy (non-hydrogen) atoms. The second-order valence-corrected chi connectivity index (χ2v) is 5.94. The monoisotopic (exact) mass is 293 g/mol. The smallest absolute Gasteiger partial charge is 0.161 e. The van der Waals surface area contributed by atoms with E-state index in [2.05, 4.69) is 12.2 Å². The molecule has 1 aromatic rings. The summed E-state index contributed by atoms with van der Waals surface area (Å²) in [7, 11) is 1.61. The lowest BCUT2D eigenvalue weighted by atomic mass is 9.98. The van der Waals surface area contributed by atoms with E-state index in [-0.39, 0.29) is 6.61 Å². The van der Waals surface area contributed by atoms with Gasteiger partial charge in [-0.1, -0.05) is 31.9 Å². The highest BCUT2D eigenvalue weighted by Crippen LogP contribution is 2.30. The maximum atomic E-state index is 9.99. The third-order valence-electron chi connectivity index (χ3n) is 4.33. The fraction of sp³-hybridized carbons (Fsp3) is 0.647. The Hall–Kier alpha value is -1.26. The molecule has 0 aromatic heterocycles. The minimum Gasteiger partial charge on any atom is -0.493 e. The standard InChI is InChI=1S/C17H27NO3/c1-13-6-5-7-14(13)10-18-11-15(19)12-21-17-9-4-3-8-16(17)20-2/h3-4,8-9,13-15,18-19H,5-7,10-12H2,1-2H3. The van der Waals surface area contributed by atoms with Crippen molar-refractivity contribution < 1.29 is 14.6 Å². The average molecular weight is 293 g/mol. The lowest BCUT2D eigenvalue weighted by Crippen LogP contribution is -2.34. The topological polar surface area (TPSA) is 50.7 Å². The molecular weight excluding hydrogens is 266 g/mol. The summed E-state index contributed by atoms with van der Waals surface area (Å²) in [4.78, 5) is 0. The molecule has 4 nitrogen and oxygen atoms in total. The number of hydrogen-bond acceptors (Lipinski definition) is 4. The zero-order chi connectivity index (χ0) is 15.1. The van der Waals surface area contributed by atoms with Gasteiger partial charge in [-0.25, -0.2) is 0 Å². The Labute approximate surface area is 127 Å². The molecule has 0 bridgehead atoms. The van der Waals surface area contributed by atoms with E-state index in [1.165, 1.54) is 19.3 Å². The van der Waals surface area contributed by atoms with Crippen LogP contribution in [-0.2, 0) is 0 Å². The van der Waals surface area contributed by atoms with Gasteiger partial charge in [0.2, 0.25) is 0 Å². The van der Waals surface area contributed by atoms with Gasteiger partial charge in [-0.3, -0.25) is 0 Å². The van der Waals surface area contributed by atoms with E-state index in [4.69, 9.17) is 9.47 Å². The van der Waals surface area contributed by atoms with Crippen molar-refractivity contribution in [2.75, 3.05) is 26.8 Å². The summed E-state index contributed by atoms with van der Waals surface area (Å²) in [6.45, 7) is 4.15. The average Bonchev–Trinajstić information content (AvgIpc) is 2.91. The molecule has 1 aliphatic rings.